The van der Waals surface area contributed by atoms with E-state index >= 15 is 0 Å². The van der Waals surface area contributed by atoms with Crippen LogP contribution in [0.1, 0.15) is 36.0 Å². The minimum atomic E-state index is -2.25. The molecule has 0 fully saturated rings. The molecule has 2 heterocycles. The van der Waals surface area contributed by atoms with Crippen molar-refractivity contribution < 1.29 is 9.22 Å². The Labute approximate surface area is 256 Å². The van der Waals surface area contributed by atoms with Gasteiger partial charge in [0.15, 0.2) is 0 Å². The molecule has 0 amide bonds. The number of benzene rings is 5. The number of hydrogen-bond donors (Lipinski definition) is 1. The zero-order valence-electron chi connectivity index (χ0n) is 27.3. The first-order valence-electron chi connectivity index (χ1n) is 15.9. The molecule has 4 nitrogen and oxygen atoms in total. The van der Waals surface area contributed by atoms with Gasteiger partial charge in [-0.3, -0.25) is 9.55 Å². The fourth-order valence-corrected chi connectivity index (χ4v) is 5.80. The molecule has 0 bridgehead atoms. The van der Waals surface area contributed by atoms with E-state index in [-0.39, 0.29) is 16.7 Å². The zero-order chi connectivity index (χ0) is 32.2. The van der Waals surface area contributed by atoms with Crippen LogP contribution in [-0.4, -0.2) is 19.6 Å². The molecule has 0 unspecified atom stereocenters. The van der Waals surface area contributed by atoms with Crippen LogP contribution in [0.2, 0.25) is 0 Å². The second kappa shape index (κ2) is 10.2. The van der Waals surface area contributed by atoms with Crippen molar-refractivity contribution in [2.75, 3.05) is 0 Å². The molecule has 43 heavy (non-hydrogen) atoms. The number of fused-ring (bicyclic) bond motifs is 2. The Morgan fingerprint density at radius 1 is 0.698 bits per heavy atom. The first-order chi connectivity index (χ1) is 22.0. The van der Waals surface area contributed by atoms with Crippen molar-refractivity contribution in [3.05, 3.63) is 133 Å². The summed E-state index contributed by atoms with van der Waals surface area (Å²) in [6, 6.07) is 37.2. The molecule has 2 aromatic heterocycles. The lowest BCUT2D eigenvalue weighted by Gasteiger charge is -2.20. The van der Waals surface area contributed by atoms with Crippen LogP contribution in [0.3, 0.4) is 0 Å². The van der Waals surface area contributed by atoms with E-state index in [1.807, 2.05) is 91.0 Å². The molecule has 4 heteroatoms. The largest absolute Gasteiger partial charge is 0.507 e. The zero-order valence-corrected chi connectivity index (χ0v) is 24.3. The molecular formula is C39H33N3O. The maximum atomic E-state index is 11.2. The monoisotopic (exact) mass is 562 g/mol. The van der Waals surface area contributed by atoms with E-state index in [1.165, 1.54) is 0 Å². The van der Waals surface area contributed by atoms with Crippen LogP contribution >= 0.6 is 0 Å². The highest BCUT2D eigenvalue weighted by atomic mass is 16.3. The number of aromatic hydroxyl groups is 1. The van der Waals surface area contributed by atoms with Crippen molar-refractivity contribution in [1.29, 1.82) is 0 Å². The molecule has 0 saturated heterocycles. The second-order valence-corrected chi connectivity index (χ2v) is 11.9. The van der Waals surface area contributed by atoms with Crippen molar-refractivity contribution in [2.24, 2.45) is 0 Å². The van der Waals surface area contributed by atoms with Crippen LogP contribution < -0.4 is 0 Å². The SMILES string of the molecule is [2H]C([2H])([2H])c1cc(-c2cccc(-c3cccc4c3nc(-c3cc(C(C)(C)C)ccc3O)n4-c3ccccc3)c2)c2ncccc2c1. The number of aryl methyl sites for hydroxylation is 1. The summed E-state index contributed by atoms with van der Waals surface area (Å²) in [6.45, 7) is 4.21. The molecular weight excluding hydrogens is 526 g/mol. The predicted octanol–water partition coefficient (Wildman–Crippen LogP) is 9.89. The van der Waals surface area contributed by atoms with Gasteiger partial charge in [0.2, 0.25) is 0 Å². The van der Waals surface area contributed by atoms with E-state index in [0.717, 1.165) is 55.4 Å². The molecule has 7 rings (SSSR count). The van der Waals surface area contributed by atoms with Gasteiger partial charge < -0.3 is 5.11 Å². The van der Waals surface area contributed by atoms with Gasteiger partial charge in [-0.25, -0.2) is 4.98 Å². The molecule has 0 radical (unpaired) electrons. The summed E-state index contributed by atoms with van der Waals surface area (Å²) in [7, 11) is 0. The fourth-order valence-electron chi connectivity index (χ4n) is 5.80. The number of phenolic OH excluding ortho intramolecular Hbond substituents is 1. The number of hydrogen-bond acceptors (Lipinski definition) is 3. The van der Waals surface area contributed by atoms with E-state index in [4.69, 9.17) is 9.10 Å². The highest BCUT2D eigenvalue weighted by Gasteiger charge is 2.22. The summed E-state index contributed by atoms with van der Waals surface area (Å²) in [5, 5.41) is 11.9. The van der Waals surface area contributed by atoms with E-state index in [1.54, 1.807) is 24.4 Å². The lowest BCUT2D eigenvalue weighted by atomic mass is 9.86. The van der Waals surface area contributed by atoms with Crippen LogP contribution in [-0.2, 0) is 5.41 Å². The topological polar surface area (TPSA) is 50.9 Å². The minimum absolute atomic E-state index is 0.118. The maximum Gasteiger partial charge on any atom is 0.149 e. The van der Waals surface area contributed by atoms with E-state index < -0.39 is 6.85 Å². The smallest absolute Gasteiger partial charge is 0.149 e. The normalized spacial score (nSPS) is 13.1. The fraction of sp³-hybridized carbons (Fsp3) is 0.128. The number of rotatable bonds is 4. The van der Waals surface area contributed by atoms with Crippen LogP contribution in [0.5, 0.6) is 5.75 Å². The molecule has 1 N–H and O–H groups in total. The molecule has 0 aliphatic heterocycles. The van der Waals surface area contributed by atoms with Crippen molar-refractivity contribution in [3.63, 3.8) is 0 Å². The molecule has 0 spiro atoms. The van der Waals surface area contributed by atoms with E-state index in [9.17, 15) is 5.11 Å². The number of pyridine rings is 1. The number of imidazole rings is 1. The van der Waals surface area contributed by atoms with Crippen LogP contribution in [0, 0.1) is 6.85 Å². The third-order valence-corrected chi connectivity index (χ3v) is 7.99. The Kier molecular flexibility index (Phi) is 5.57. The summed E-state index contributed by atoms with van der Waals surface area (Å²) < 4.78 is 26.4. The molecule has 5 aromatic carbocycles. The van der Waals surface area contributed by atoms with Gasteiger partial charge in [0.05, 0.1) is 22.1 Å². The maximum absolute atomic E-state index is 11.2. The second-order valence-electron chi connectivity index (χ2n) is 11.9. The Balaban J connectivity index is 1.47. The quantitative estimate of drug-likeness (QED) is 0.232. The molecule has 7 aromatic rings. The third-order valence-electron chi connectivity index (χ3n) is 7.99. The number of para-hydroxylation sites is 2. The Morgan fingerprint density at radius 2 is 1.49 bits per heavy atom. The average molecular weight is 563 g/mol. The molecule has 0 aliphatic carbocycles. The highest BCUT2D eigenvalue weighted by Crippen LogP contribution is 2.40. The van der Waals surface area contributed by atoms with Crippen LogP contribution in [0.25, 0.3) is 61.3 Å². The first-order valence-corrected chi connectivity index (χ1v) is 14.4. The third kappa shape index (κ3) is 4.75. The van der Waals surface area contributed by atoms with E-state index in [2.05, 4.69) is 36.4 Å². The highest BCUT2D eigenvalue weighted by molar-refractivity contribution is 5.98. The number of aromatic nitrogens is 3. The van der Waals surface area contributed by atoms with Crippen molar-refractivity contribution >= 4 is 21.9 Å². The number of phenols is 1. The van der Waals surface area contributed by atoms with Gasteiger partial charge in [0.25, 0.3) is 0 Å². The summed E-state index contributed by atoms with van der Waals surface area (Å²) in [5.74, 6) is 0.812. The van der Waals surface area contributed by atoms with Gasteiger partial charge in [0, 0.05) is 32.5 Å². The van der Waals surface area contributed by atoms with Gasteiger partial charge in [0.1, 0.15) is 11.6 Å². The summed E-state index contributed by atoms with van der Waals surface area (Å²) in [4.78, 5) is 9.86. The van der Waals surface area contributed by atoms with Crippen molar-refractivity contribution in [3.8, 4) is 45.1 Å². The summed E-state index contributed by atoms with van der Waals surface area (Å²) >= 11 is 0. The molecule has 0 atom stereocenters. The van der Waals surface area contributed by atoms with Crippen molar-refractivity contribution in [1.82, 2.24) is 14.5 Å². The molecule has 210 valence electrons. The van der Waals surface area contributed by atoms with Crippen LogP contribution in [0.15, 0.2) is 121 Å². The standard InChI is InChI=1S/C39H33N3O/c1-25-21-28-13-10-20-40-36(28)32(22-25)27-12-8-11-26(23-27)31-16-9-17-34-37(31)41-38(42(34)30-14-6-5-7-15-30)33-24-29(39(2,3)4)18-19-35(33)43/h5-24,43H,1-4H3/i1D3. The van der Waals surface area contributed by atoms with Gasteiger partial charge in [-0.2, -0.15) is 0 Å². The lowest BCUT2D eigenvalue weighted by Crippen LogP contribution is -2.11. The Morgan fingerprint density at radius 3 is 2.28 bits per heavy atom. The minimum Gasteiger partial charge on any atom is -0.507 e. The van der Waals surface area contributed by atoms with Gasteiger partial charge >= 0.3 is 0 Å². The Bertz CT molecular complexity index is 2250. The number of nitrogens with zero attached hydrogens (tertiary/aromatic N) is 3. The lowest BCUT2D eigenvalue weighted by molar-refractivity contribution is 0.475. The van der Waals surface area contributed by atoms with Crippen LogP contribution in [0.4, 0.5) is 0 Å². The van der Waals surface area contributed by atoms with Gasteiger partial charge in [-0.15, -0.1) is 0 Å². The predicted molar refractivity (Wildman–Crippen MR) is 178 cm³/mol. The van der Waals surface area contributed by atoms with Gasteiger partial charge in [-0.05, 0) is 89.1 Å². The Hall–Kier alpha value is -5.22. The average Bonchev–Trinajstić information content (AvgIpc) is 3.43. The molecule has 0 saturated carbocycles. The van der Waals surface area contributed by atoms with Crippen molar-refractivity contribution in [2.45, 2.75) is 33.0 Å². The summed E-state index contributed by atoms with van der Waals surface area (Å²) in [5.41, 5.74) is 8.77. The molecule has 0 aliphatic rings. The van der Waals surface area contributed by atoms with Gasteiger partial charge in [-0.1, -0.05) is 81.4 Å². The first kappa shape index (κ1) is 23.4. The summed E-state index contributed by atoms with van der Waals surface area (Å²) in [6.07, 6.45) is 1.73. The van der Waals surface area contributed by atoms with E-state index in [0.29, 0.717) is 11.4 Å².